The molecule has 2 nitrogen and oxygen atoms in total. The second-order valence-corrected chi connectivity index (χ2v) is 15.1. The van der Waals surface area contributed by atoms with Crippen LogP contribution in [-0.4, -0.2) is 0 Å². The molecule has 0 amide bonds. The highest BCUT2D eigenvalue weighted by atomic mass is 32.1. The Kier molecular flexibility index (Phi) is 7.39. The van der Waals surface area contributed by atoms with Gasteiger partial charge in [0.1, 0.15) is 11.2 Å². The van der Waals surface area contributed by atoms with Crippen LogP contribution < -0.4 is 4.90 Å². The van der Waals surface area contributed by atoms with E-state index >= 15 is 0 Å². The molecule has 0 N–H and O–H groups in total. The molecule has 0 aliphatic heterocycles. The molecule has 0 spiro atoms. The monoisotopic (exact) mass is 719 g/mol. The molecule has 11 rings (SSSR count). The van der Waals surface area contributed by atoms with E-state index in [2.05, 4.69) is 199 Å². The Bertz CT molecular complexity index is 3090. The zero-order valence-corrected chi connectivity index (χ0v) is 30.6. The van der Waals surface area contributed by atoms with Crippen molar-refractivity contribution in [2.75, 3.05) is 4.90 Å². The van der Waals surface area contributed by atoms with E-state index in [0.29, 0.717) is 0 Å². The lowest BCUT2D eigenvalue weighted by Crippen LogP contribution is -2.10. The Hall–Kier alpha value is -6.94. The summed E-state index contributed by atoms with van der Waals surface area (Å²) in [5, 5.41) is 7.30. The van der Waals surface area contributed by atoms with Crippen LogP contribution in [0.2, 0.25) is 0 Å². The molecule has 2 heterocycles. The Balaban J connectivity index is 1.09. The molecular formula is C52H33NOS. The number of hydrogen-bond acceptors (Lipinski definition) is 3. The molecule has 0 fully saturated rings. The fraction of sp³-hybridized carbons (Fsp3) is 0. The molecule has 55 heavy (non-hydrogen) atoms. The molecule has 0 unspecified atom stereocenters. The topological polar surface area (TPSA) is 16.4 Å². The van der Waals surface area contributed by atoms with Crippen molar-refractivity contribution in [1.29, 1.82) is 0 Å². The standard InChI is InChI=1S/C52H33NOS/c1-3-11-34(12-4-1)36-21-27-40(28-22-36)53(41-29-23-37(24-30-41)35-13-5-2-6-14-35)47-19-9-15-38-25-32-46-44-31-26-39(33-49(44)55-52(46)50(38)47)42-17-10-18-45-43-16-7-8-20-48(43)54-51(42)45/h1-33H. The van der Waals surface area contributed by atoms with Gasteiger partial charge in [0.05, 0.1) is 5.69 Å². The summed E-state index contributed by atoms with van der Waals surface area (Å²) in [7, 11) is 0. The molecule has 0 aliphatic carbocycles. The van der Waals surface area contributed by atoms with Crippen LogP contribution in [0.25, 0.3) is 86.3 Å². The Labute approximate surface area is 322 Å². The number of para-hydroxylation sites is 2. The second kappa shape index (κ2) is 12.9. The quantitative estimate of drug-likeness (QED) is 0.170. The maximum Gasteiger partial charge on any atom is 0.143 e. The number of anilines is 3. The molecule has 9 aromatic carbocycles. The maximum atomic E-state index is 6.46. The molecule has 0 atom stereocenters. The van der Waals surface area contributed by atoms with E-state index in [4.69, 9.17) is 4.42 Å². The van der Waals surface area contributed by atoms with E-state index in [-0.39, 0.29) is 0 Å². The summed E-state index contributed by atoms with van der Waals surface area (Å²) in [6.07, 6.45) is 0. The highest BCUT2D eigenvalue weighted by molar-refractivity contribution is 7.26. The van der Waals surface area contributed by atoms with Crippen molar-refractivity contribution < 1.29 is 4.42 Å². The van der Waals surface area contributed by atoms with Gasteiger partial charge in [-0.15, -0.1) is 11.3 Å². The van der Waals surface area contributed by atoms with E-state index < -0.39 is 0 Å². The third-order valence-electron chi connectivity index (χ3n) is 10.9. The minimum atomic E-state index is 0.917. The van der Waals surface area contributed by atoms with Crippen LogP contribution in [-0.2, 0) is 0 Å². The number of thiophene rings is 1. The van der Waals surface area contributed by atoms with Gasteiger partial charge < -0.3 is 9.32 Å². The number of fused-ring (bicyclic) bond motifs is 8. The molecule has 258 valence electrons. The Morgan fingerprint density at radius 2 is 0.982 bits per heavy atom. The SMILES string of the molecule is c1ccc(-c2ccc(N(c3ccc(-c4ccccc4)cc3)c3cccc4ccc5c6ccc(-c7cccc8c7oc7ccccc78)cc6sc5c34)cc2)cc1. The van der Waals surface area contributed by atoms with Gasteiger partial charge in [0.25, 0.3) is 0 Å². The van der Waals surface area contributed by atoms with E-state index in [1.165, 1.54) is 53.2 Å². The number of benzene rings is 9. The largest absolute Gasteiger partial charge is 0.455 e. The Morgan fingerprint density at radius 3 is 1.69 bits per heavy atom. The minimum absolute atomic E-state index is 0.917. The average Bonchev–Trinajstić information content (AvgIpc) is 3.83. The molecule has 0 bridgehead atoms. The van der Waals surface area contributed by atoms with Gasteiger partial charge in [-0.05, 0) is 75.7 Å². The first-order valence-corrected chi connectivity index (χ1v) is 19.5. The van der Waals surface area contributed by atoms with Gasteiger partial charge >= 0.3 is 0 Å². The van der Waals surface area contributed by atoms with E-state index in [0.717, 1.165) is 50.1 Å². The van der Waals surface area contributed by atoms with Crippen LogP contribution in [0.5, 0.6) is 0 Å². The number of nitrogens with zero attached hydrogens (tertiary/aromatic N) is 1. The zero-order valence-electron chi connectivity index (χ0n) is 29.8. The van der Waals surface area contributed by atoms with Gasteiger partial charge in [0, 0.05) is 53.3 Å². The Morgan fingerprint density at radius 1 is 0.400 bits per heavy atom. The summed E-state index contributed by atoms with van der Waals surface area (Å²) in [6.45, 7) is 0. The van der Waals surface area contributed by atoms with Gasteiger partial charge in [-0.1, -0.05) is 158 Å². The van der Waals surface area contributed by atoms with E-state index in [1.54, 1.807) is 0 Å². The lowest BCUT2D eigenvalue weighted by molar-refractivity contribution is 0.670. The number of hydrogen-bond donors (Lipinski definition) is 0. The molecule has 11 aromatic rings. The smallest absolute Gasteiger partial charge is 0.143 e. The highest BCUT2D eigenvalue weighted by Crippen LogP contribution is 2.47. The van der Waals surface area contributed by atoms with Crippen molar-refractivity contribution in [2.24, 2.45) is 0 Å². The third kappa shape index (κ3) is 5.32. The fourth-order valence-corrected chi connectivity index (χ4v) is 9.51. The van der Waals surface area contributed by atoms with Crippen molar-refractivity contribution in [3.63, 3.8) is 0 Å². The summed E-state index contributed by atoms with van der Waals surface area (Å²) in [5.41, 5.74) is 12.3. The predicted octanol–water partition coefficient (Wildman–Crippen LogP) is 15.6. The van der Waals surface area contributed by atoms with Gasteiger partial charge in [-0.3, -0.25) is 0 Å². The first-order chi connectivity index (χ1) is 27.3. The van der Waals surface area contributed by atoms with Gasteiger partial charge in [-0.25, -0.2) is 0 Å². The van der Waals surface area contributed by atoms with Crippen LogP contribution in [0.4, 0.5) is 17.1 Å². The second-order valence-electron chi connectivity index (χ2n) is 14.1. The zero-order chi connectivity index (χ0) is 36.3. The summed E-state index contributed by atoms with van der Waals surface area (Å²) in [5.74, 6) is 0. The first-order valence-electron chi connectivity index (χ1n) is 18.7. The van der Waals surface area contributed by atoms with E-state index in [1.807, 2.05) is 17.4 Å². The normalized spacial score (nSPS) is 11.6. The lowest BCUT2D eigenvalue weighted by Gasteiger charge is -2.27. The number of rotatable bonds is 6. The first kappa shape index (κ1) is 31.6. The lowest BCUT2D eigenvalue weighted by atomic mass is 9.99. The van der Waals surface area contributed by atoms with Crippen LogP contribution in [0.15, 0.2) is 205 Å². The van der Waals surface area contributed by atoms with Crippen LogP contribution >= 0.6 is 11.3 Å². The molecule has 0 aliphatic rings. The van der Waals surface area contributed by atoms with Gasteiger partial charge in [0.15, 0.2) is 0 Å². The molecule has 0 saturated heterocycles. The number of furan rings is 1. The summed E-state index contributed by atoms with van der Waals surface area (Å²) >= 11 is 1.87. The molecular weight excluding hydrogens is 687 g/mol. The predicted molar refractivity (Wildman–Crippen MR) is 235 cm³/mol. The van der Waals surface area contributed by atoms with Crippen molar-refractivity contribution in [3.05, 3.63) is 200 Å². The molecule has 0 saturated carbocycles. The van der Waals surface area contributed by atoms with Gasteiger partial charge in [0.2, 0.25) is 0 Å². The van der Waals surface area contributed by atoms with E-state index in [9.17, 15) is 0 Å². The molecule has 2 aromatic heterocycles. The summed E-state index contributed by atoms with van der Waals surface area (Å²) in [6, 6.07) is 72.1. The van der Waals surface area contributed by atoms with Crippen LogP contribution in [0.3, 0.4) is 0 Å². The van der Waals surface area contributed by atoms with Crippen molar-refractivity contribution in [1.82, 2.24) is 0 Å². The summed E-state index contributed by atoms with van der Waals surface area (Å²) < 4.78 is 9.00. The van der Waals surface area contributed by atoms with Crippen LogP contribution in [0, 0.1) is 0 Å². The minimum Gasteiger partial charge on any atom is -0.455 e. The van der Waals surface area contributed by atoms with Crippen molar-refractivity contribution >= 4 is 81.3 Å². The fourth-order valence-electron chi connectivity index (χ4n) is 8.21. The highest BCUT2D eigenvalue weighted by Gasteiger charge is 2.20. The van der Waals surface area contributed by atoms with Gasteiger partial charge in [-0.2, -0.15) is 0 Å². The third-order valence-corrected chi connectivity index (χ3v) is 12.1. The average molecular weight is 720 g/mol. The molecule has 0 radical (unpaired) electrons. The van der Waals surface area contributed by atoms with Crippen molar-refractivity contribution in [3.8, 4) is 33.4 Å². The van der Waals surface area contributed by atoms with Crippen LogP contribution in [0.1, 0.15) is 0 Å². The molecule has 3 heteroatoms. The van der Waals surface area contributed by atoms with Crippen molar-refractivity contribution in [2.45, 2.75) is 0 Å². The summed E-state index contributed by atoms with van der Waals surface area (Å²) in [4.78, 5) is 2.42. The maximum absolute atomic E-state index is 6.46.